The number of allylic oxidation sites excluding steroid dienone is 2. The molecular formula is C65H127NO5. The van der Waals surface area contributed by atoms with Crippen LogP contribution in [0.2, 0.25) is 0 Å². The molecule has 0 saturated heterocycles. The molecule has 0 aromatic carbocycles. The molecule has 0 rings (SSSR count). The predicted molar refractivity (Wildman–Crippen MR) is 310 cm³/mol. The lowest BCUT2D eigenvalue weighted by atomic mass is 10.0. The Morgan fingerprint density at radius 3 is 1.00 bits per heavy atom. The van der Waals surface area contributed by atoms with Gasteiger partial charge in [0.05, 0.1) is 25.4 Å². The van der Waals surface area contributed by atoms with Gasteiger partial charge in [0.25, 0.3) is 0 Å². The van der Waals surface area contributed by atoms with Crippen LogP contribution in [0.15, 0.2) is 12.2 Å². The van der Waals surface area contributed by atoms with Crippen molar-refractivity contribution in [3.05, 3.63) is 12.2 Å². The number of amides is 1. The number of hydrogen-bond acceptors (Lipinski definition) is 5. The molecule has 2 unspecified atom stereocenters. The summed E-state index contributed by atoms with van der Waals surface area (Å²) in [7, 11) is 0. The lowest BCUT2D eigenvalue weighted by molar-refractivity contribution is -0.143. The third kappa shape index (κ3) is 57.7. The molecule has 6 heteroatoms. The zero-order valence-electron chi connectivity index (χ0n) is 48.2. The highest BCUT2D eigenvalue weighted by molar-refractivity contribution is 5.76. The fourth-order valence-electron chi connectivity index (χ4n) is 10.3. The van der Waals surface area contributed by atoms with Gasteiger partial charge in [-0.1, -0.05) is 315 Å². The number of hydrogen-bond donors (Lipinski definition) is 3. The number of unbranched alkanes of at least 4 members (excludes halogenated alkanes) is 48. The van der Waals surface area contributed by atoms with Crippen molar-refractivity contribution in [1.29, 1.82) is 0 Å². The average molecular weight is 1000 g/mol. The number of carbonyl (C=O) groups excluding carboxylic acids is 2. The summed E-state index contributed by atoms with van der Waals surface area (Å²) in [4.78, 5) is 24.5. The topological polar surface area (TPSA) is 95.9 Å². The van der Waals surface area contributed by atoms with Crippen molar-refractivity contribution >= 4 is 11.9 Å². The normalized spacial score (nSPS) is 12.6. The molecule has 0 aliphatic rings. The van der Waals surface area contributed by atoms with Gasteiger partial charge in [-0.3, -0.25) is 9.59 Å². The molecule has 0 fully saturated rings. The van der Waals surface area contributed by atoms with Crippen LogP contribution in [0.5, 0.6) is 0 Å². The van der Waals surface area contributed by atoms with E-state index in [1.54, 1.807) is 0 Å². The van der Waals surface area contributed by atoms with Crippen molar-refractivity contribution in [3.8, 4) is 0 Å². The van der Waals surface area contributed by atoms with E-state index in [9.17, 15) is 19.8 Å². The van der Waals surface area contributed by atoms with Gasteiger partial charge in [0, 0.05) is 12.8 Å². The Balaban J connectivity index is 3.34. The third-order valence-corrected chi connectivity index (χ3v) is 15.3. The largest absolute Gasteiger partial charge is 0.466 e. The Labute approximate surface area is 444 Å². The van der Waals surface area contributed by atoms with Crippen molar-refractivity contribution in [2.45, 2.75) is 379 Å². The fraction of sp³-hybridized carbons (Fsp3) is 0.938. The van der Waals surface area contributed by atoms with E-state index in [1.807, 2.05) is 0 Å². The van der Waals surface area contributed by atoms with Crippen molar-refractivity contribution in [2.24, 2.45) is 0 Å². The second-order valence-corrected chi connectivity index (χ2v) is 22.5. The molecular weight excluding hydrogens is 875 g/mol. The van der Waals surface area contributed by atoms with Crippen LogP contribution < -0.4 is 5.32 Å². The van der Waals surface area contributed by atoms with Crippen LogP contribution in [0.3, 0.4) is 0 Å². The first-order valence-corrected chi connectivity index (χ1v) is 32.4. The molecule has 0 aromatic heterocycles. The van der Waals surface area contributed by atoms with Gasteiger partial charge < -0.3 is 20.3 Å². The first-order valence-electron chi connectivity index (χ1n) is 32.4. The first kappa shape index (κ1) is 69.6. The van der Waals surface area contributed by atoms with Crippen LogP contribution in [-0.4, -0.2) is 47.4 Å². The molecule has 6 nitrogen and oxygen atoms in total. The molecule has 71 heavy (non-hydrogen) atoms. The molecule has 0 bridgehead atoms. The second kappa shape index (κ2) is 61.1. The highest BCUT2D eigenvalue weighted by atomic mass is 16.5. The second-order valence-electron chi connectivity index (χ2n) is 22.5. The Hall–Kier alpha value is -1.40. The highest BCUT2D eigenvalue weighted by Crippen LogP contribution is 2.18. The summed E-state index contributed by atoms with van der Waals surface area (Å²) < 4.78 is 5.49. The number of carbonyl (C=O) groups is 2. The van der Waals surface area contributed by atoms with Crippen LogP contribution >= 0.6 is 0 Å². The lowest BCUT2D eigenvalue weighted by Crippen LogP contribution is -2.45. The lowest BCUT2D eigenvalue weighted by Gasteiger charge is -2.22. The molecule has 1 amide bonds. The Morgan fingerprint density at radius 2 is 0.662 bits per heavy atom. The maximum atomic E-state index is 12.4. The summed E-state index contributed by atoms with van der Waals surface area (Å²) in [5.74, 6) is -0.0140. The fourth-order valence-corrected chi connectivity index (χ4v) is 10.3. The van der Waals surface area contributed by atoms with Gasteiger partial charge in [0.1, 0.15) is 0 Å². The third-order valence-electron chi connectivity index (χ3n) is 15.3. The molecule has 0 saturated carbocycles. The van der Waals surface area contributed by atoms with Crippen molar-refractivity contribution in [3.63, 3.8) is 0 Å². The van der Waals surface area contributed by atoms with E-state index in [-0.39, 0.29) is 18.5 Å². The Morgan fingerprint density at radius 1 is 0.380 bits per heavy atom. The van der Waals surface area contributed by atoms with Gasteiger partial charge in [-0.05, 0) is 51.4 Å². The van der Waals surface area contributed by atoms with Gasteiger partial charge in [-0.15, -0.1) is 0 Å². The molecule has 0 aliphatic carbocycles. The Kier molecular flexibility index (Phi) is 59.9. The van der Waals surface area contributed by atoms with E-state index < -0.39 is 12.1 Å². The molecule has 0 aromatic rings. The SMILES string of the molecule is CCCCCCCCCCCCCCCCC(=O)OCCCCCCCCCCCCCC/C=C\CCCCCCCCCCCCCCCC(=O)NC(CO)C(O)CCCCCCCCCCCCC. The van der Waals surface area contributed by atoms with Crippen LogP contribution in [0.1, 0.15) is 367 Å². The highest BCUT2D eigenvalue weighted by Gasteiger charge is 2.20. The van der Waals surface area contributed by atoms with Crippen molar-refractivity contribution in [2.75, 3.05) is 13.2 Å². The number of aliphatic hydroxyl groups is 2. The minimum absolute atomic E-state index is 0.0193. The average Bonchev–Trinajstić information content (AvgIpc) is 3.37. The summed E-state index contributed by atoms with van der Waals surface area (Å²) >= 11 is 0. The molecule has 0 aliphatic heterocycles. The van der Waals surface area contributed by atoms with E-state index in [0.717, 1.165) is 38.5 Å². The van der Waals surface area contributed by atoms with E-state index in [2.05, 4.69) is 31.3 Å². The monoisotopic (exact) mass is 1000 g/mol. The molecule has 3 N–H and O–H groups in total. The zero-order valence-corrected chi connectivity index (χ0v) is 48.2. The number of aliphatic hydroxyl groups excluding tert-OH is 2. The molecule has 422 valence electrons. The molecule has 0 spiro atoms. The Bertz CT molecular complexity index is 1060. The standard InChI is InChI=1S/C65H127NO5/c1-3-5-7-9-11-13-15-16-35-39-43-47-51-55-59-65(70)71-60-56-52-48-44-40-36-33-31-29-27-25-23-21-19-17-18-20-22-24-26-28-30-32-34-38-42-46-50-54-58-64(69)66-62(61-67)63(68)57-53-49-45-41-37-14-12-10-8-6-4-2/h17,19,62-63,67-68H,3-16,18,20-61H2,1-2H3,(H,66,69)/b19-17-. The maximum absolute atomic E-state index is 12.4. The summed E-state index contributed by atoms with van der Waals surface area (Å²) in [6.07, 6.45) is 73.9. The summed E-state index contributed by atoms with van der Waals surface area (Å²) in [6.45, 7) is 4.97. The van der Waals surface area contributed by atoms with Gasteiger partial charge in [-0.2, -0.15) is 0 Å². The predicted octanol–water partition coefficient (Wildman–Crippen LogP) is 20.4. The molecule has 2 atom stereocenters. The van der Waals surface area contributed by atoms with Crippen LogP contribution in [-0.2, 0) is 14.3 Å². The maximum Gasteiger partial charge on any atom is 0.305 e. The first-order chi connectivity index (χ1) is 35.0. The van der Waals surface area contributed by atoms with Gasteiger partial charge >= 0.3 is 5.97 Å². The van der Waals surface area contributed by atoms with Crippen molar-refractivity contribution in [1.82, 2.24) is 5.32 Å². The van der Waals surface area contributed by atoms with Gasteiger partial charge in [0.2, 0.25) is 5.91 Å². The van der Waals surface area contributed by atoms with Crippen LogP contribution in [0.4, 0.5) is 0 Å². The quantitative estimate of drug-likeness (QED) is 0.0320. The number of esters is 1. The zero-order chi connectivity index (χ0) is 51.4. The van der Waals surface area contributed by atoms with E-state index in [1.165, 1.54) is 295 Å². The number of rotatable bonds is 61. The van der Waals surface area contributed by atoms with Crippen LogP contribution in [0, 0.1) is 0 Å². The van der Waals surface area contributed by atoms with Gasteiger partial charge in [-0.25, -0.2) is 0 Å². The summed E-state index contributed by atoms with van der Waals surface area (Å²) in [5, 5.41) is 23.2. The summed E-state index contributed by atoms with van der Waals surface area (Å²) in [5.41, 5.74) is 0. The molecule has 0 radical (unpaired) electrons. The van der Waals surface area contributed by atoms with Gasteiger partial charge in [0.15, 0.2) is 0 Å². The number of nitrogens with one attached hydrogen (secondary N) is 1. The van der Waals surface area contributed by atoms with Crippen molar-refractivity contribution < 1.29 is 24.5 Å². The van der Waals surface area contributed by atoms with Crippen LogP contribution in [0.25, 0.3) is 0 Å². The minimum atomic E-state index is -0.661. The van der Waals surface area contributed by atoms with E-state index in [0.29, 0.717) is 25.9 Å². The minimum Gasteiger partial charge on any atom is -0.466 e. The van der Waals surface area contributed by atoms with E-state index >= 15 is 0 Å². The summed E-state index contributed by atoms with van der Waals surface area (Å²) in [6, 6.07) is -0.538. The smallest absolute Gasteiger partial charge is 0.305 e. The van der Waals surface area contributed by atoms with E-state index in [4.69, 9.17) is 4.74 Å². The molecule has 0 heterocycles. The number of ether oxygens (including phenoxy) is 1.